The first kappa shape index (κ1) is 30.3. The van der Waals surface area contributed by atoms with Crippen molar-refractivity contribution in [1.29, 1.82) is 0 Å². The number of carbonyl (C=O) groups is 2. The van der Waals surface area contributed by atoms with E-state index < -0.39 is 22.3 Å². The molecule has 226 valence electrons. The molecule has 3 aromatic carbocycles. The second kappa shape index (κ2) is 13.0. The van der Waals surface area contributed by atoms with E-state index in [4.69, 9.17) is 5.11 Å². The average molecular weight is 597 g/mol. The number of nitrogens with zero attached hydrogens (tertiary/aromatic N) is 5. The summed E-state index contributed by atoms with van der Waals surface area (Å²) < 4.78 is 1.65. The lowest BCUT2D eigenvalue weighted by Crippen LogP contribution is -2.44. The highest BCUT2D eigenvalue weighted by Gasteiger charge is 2.53. The Morgan fingerprint density at radius 1 is 1.14 bits per heavy atom. The molecule has 2 amide bonds. The minimum absolute atomic E-state index is 0.0162. The van der Waals surface area contributed by atoms with Gasteiger partial charge in [0, 0.05) is 60.6 Å². The molecule has 12 nitrogen and oxygen atoms in total. The maximum Gasteiger partial charge on any atom is 0.269 e. The third-order valence-electron chi connectivity index (χ3n) is 7.61. The van der Waals surface area contributed by atoms with Crippen LogP contribution in [0.3, 0.4) is 0 Å². The summed E-state index contributed by atoms with van der Waals surface area (Å²) in [5, 5.41) is 43.4. The Kier molecular flexibility index (Phi) is 8.93. The Morgan fingerprint density at radius 3 is 2.59 bits per heavy atom. The van der Waals surface area contributed by atoms with Crippen molar-refractivity contribution in [2.75, 3.05) is 16.8 Å². The molecule has 0 radical (unpaired) electrons. The highest BCUT2D eigenvalue weighted by molar-refractivity contribution is 6.07. The molecule has 12 heteroatoms. The number of amides is 2. The molecule has 0 unspecified atom stereocenters. The molecule has 1 aromatic heterocycles. The molecule has 0 fully saturated rings. The molecule has 4 aromatic rings. The molecule has 1 aliphatic heterocycles. The number of aliphatic hydroxyl groups excluding tert-OH is 1. The molecule has 44 heavy (non-hydrogen) atoms. The molecule has 0 spiro atoms. The Hall–Kier alpha value is -5.20. The van der Waals surface area contributed by atoms with Crippen LogP contribution < -0.4 is 10.2 Å². The number of hydrogen-bond donors (Lipinski definition) is 3. The predicted molar refractivity (Wildman–Crippen MR) is 163 cm³/mol. The maximum absolute atomic E-state index is 13.9. The topological polar surface area (TPSA) is 164 Å². The molecule has 0 aliphatic carbocycles. The van der Waals surface area contributed by atoms with Crippen LogP contribution in [0.2, 0.25) is 0 Å². The van der Waals surface area contributed by atoms with E-state index in [1.165, 1.54) is 23.1 Å². The van der Waals surface area contributed by atoms with Gasteiger partial charge in [0.2, 0.25) is 0 Å². The highest BCUT2D eigenvalue weighted by Crippen LogP contribution is 2.47. The van der Waals surface area contributed by atoms with E-state index in [1.807, 2.05) is 12.1 Å². The fraction of sp³-hybridized carbons (Fsp3) is 0.250. The number of aliphatic hydroxyl groups is 2. The summed E-state index contributed by atoms with van der Waals surface area (Å²) in [5.41, 5.74) is 0.839. The third-order valence-corrected chi connectivity index (χ3v) is 7.61. The summed E-state index contributed by atoms with van der Waals surface area (Å²) in [7, 11) is 0. The summed E-state index contributed by atoms with van der Waals surface area (Å²) in [6.07, 6.45) is 6.25. The van der Waals surface area contributed by atoms with Crippen molar-refractivity contribution < 1.29 is 24.7 Å². The largest absolute Gasteiger partial charge is 0.396 e. The first-order valence-corrected chi connectivity index (χ1v) is 14.2. The lowest BCUT2D eigenvalue weighted by molar-refractivity contribution is -0.385. The highest BCUT2D eigenvalue weighted by atomic mass is 16.6. The van der Waals surface area contributed by atoms with Gasteiger partial charge < -0.3 is 20.4 Å². The van der Waals surface area contributed by atoms with Gasteiger partial charge in [-0.05, 0) is 42.3 Å². The summed E-state index contributed by atoms with van der Waals surface area (Å²) >= 11 is 0. The van der Waals surface area contributed by atoms with Crippen LogP contribution in [0.15, 0.2) is 91.1 Å². The minimum Gasteiger partial charge on any atom is -0.396 e. The SMILES string of the molecule is C[C@H](/C=C/CCn1cc(CCO)nn1)[C@@]1(O)C(=O)N(Cc2ccc(NC(=O)c3ccccc3)cc2)c2ccc([N+](=O)[O-])cc21. The standard InChI is InChI=1S/C32H32N6O6/c1-22(7-5-6-17-36-21-26(16-18-39)34-35-36)32(42)28-19-27(38(43)44)14-15-29(28)37(31(32)41)20-23-10-12-25(13-11-23)33-30(40)24-8-3-2-4-9-24/h2-5,7-15,19,21-22,39,42H,6,16-18,20H2,1H3,(H,33,40)/b7-5+/t22-,32+/m1/s1. The lowest BCUT2D eigenvalue weighted by atomic mass is 9.82. The number of nitrogens with one attached hydrogen (secondary N) is 1. The Bertz CT molecular complexity index is 1690. The molecular formula is C32H32N6O6. The van der Waals surface area contributed by atoms with Gasteiger partial charge in [0.25, 0.3) is 17.5 Å². The number of rotatable bonds is 12. The van der Waals surface area contributed by atoms with E-state index in [0.717, 1.165) is 5.56 Å². The van der Waals surface area contributed by atoms with Gasteiger partial charge in [0.1, 0.15) is 0 Å². The van der Waals surface area contributed by atoms with E-state index in [1.54, 1.807) is 72.4 Å². The van der Waals surface area contributed by atoms with Crippen molar-refractivity contribution in [2.24, 2.45) is 5.92 Å². The minimum atomic E-state index is -2.02. The first-order valence-electron chi connectivity index (χ1n) is 14.2. The second-order valence-corrected chi connectivity index (χ2v) is 10.6. The normalized spacial score (nSPS) is 16.7. The van der Waals surface area contributed by atoms with Crippen molar-refractivity contribution in [1.82, 2.24) is 15.0 Å². The maximum atomic E-state index is 13.9. The second-order valence-electron chi connectivity index (χ2n) is 10.6. The van der Waals surface area contributed by atoms with Crippen LogP contribution in [0.4, 0.5) is 17.1 Å². The van der Waals surface area contributed by atoms with E-state index >= 15 is 0 Å². The summed E-state index contributed by atoms with van der Waals surface area (Å²) in [5.74, 6) is -1.54. The number of nitro groups is 1. The fourth-order valence-electron chi connectivity index (χ4n) is 5.20. The zero-order valence-electron chi connectivity index (χ0n) is 24.0. The smallest absolute Gasteiger partial charge is 0.269 e. The fourth-order valence-corrected chi connectivity index (χ4v) is 5.20. The number of nitro benzene ring substituents is 1. The molecule has 0 saturated carbocycles. The Balaban J connectivity index is 1.33. The van der Waals surface area contributed by atoms with Crippen LogP contribution in [0, 0.1) is 16.0 Å². The summed E-state index contributed by atoms with van der Waals surface area (Å²) in [4.78, 5) is 38.8. The van der Waals surface area contributed by atoms with Gasteiger partial charge in [-0.3, -0.25) is 24.4 Å². The molecule has 1 aliphatic rings. The van der Waals surface area contributed by atoms with Gasteiger partial charge in [-0.15, -0.1) is 5.10 Å². The molecule has 5 rings (SSSR count). The molecule has 3 N–H and O–H groups in total. The van der Waals surface area contributed by atoms with E-state index in [2.05, 4.69) is 15.6 Å². The van der Waals surface area contributed by atoms with Gasteiger partial charge >= 0.3 is 0 Å². The molecular weight excluding hydrogens is 564 g/mol. The van der Waals surface area contributed by atoms with Gasteiger partial charge in [-0.1, -0.05) is 54.6 Å². The average Bonchev–Trinajstić information content (AvgIpc) is 3.57. The molecule has 0 bridgehead atoms. The van der Waals surface area contributed by atoms with Crippen molar-refractivity contribution in [3.63, 3.8) is 0 Å². The van der Waals surface area contributed by atoms with Crippen LogP contribution >= 0.6 is 0 Å². The third kappa shape index (κ3) is 6.26. The summed E-state index contributed by atoms with van der Waals surface area (Å²) in [6, 6.07) is 19.9. The number of non-ortho nitro benzene ring substituents is 1. The number of hydrogen-bond acceptors (Lipinski definition) is 8. The Morgan fingerprint density at radius 2 is 1.89 bits per heavy atom. The van der Waals surface area contributed by atoms with Crippen LogP contribution in [0.25, 0.3) is 0 Å². The van der Waals surface area contributed by atoms with Crippen LogP contribution in [0.5, 0.6) is 0 Å². The number of fused-ring (bicyclic) bond motifs is 1. The number of aromatic nitrogens is 3. The van der Waals surface area contributed by atoms with Gasteiger partial charge in [0.05, 0.1) is 22.8 Å². The zero-order valence-corrected chi connectivity index (χ0v) is 24.0. The van der Waals surface area contributed by atoms with Crippen LogP contribution in [-0.2, 0) is 29.9 Å². The molecule has 0 saturated heterocycles. The Labute approximate surface area is 253 Å². The van der Waals surface area contributed by atoms with Crippen molar-refractivity contribution in [3.8, 4) is 0 Å². The van der Waals surface area contributed by atoms with E-state index in [0.29, 0.717) is 42.0 Å². The quantitative estimate of drug-likeness (QED) is 0.126. The van der Waals surface area contributed by atoms with E-state index in [-0.39, 0.29) is 30.3 Å². The number of aryl methyl sites for hydroxylation is 1. The monoisotopic (exact) mass is 596 g/mol. The number of allylic oxidation sites excluding steroid dienone is 1. The molecule has 2 heterocycles. The van der Waals surface area contributed by atoms with Crippen LogP contribution in [-0.4, -0.2) is 48.6 Å². The number of anilines is 2. The first-order chi connectivity index (χ1) is 21.2. The predicted octanol–water partition coefficient (Wildman–Crippen LogP) is 3.99. The van der Waals surface area contributed by atoms with Crippen LogP contribution in [0.1, 0.15) is 40.5 Å². The van der Waals surface area contributed by atoms with Gasteiger partial charge in [-0.25, -0.2) is 0 Å². The van der Waals surface area contributed by atoms with E-state index in [9.17, 15) is 24.8 Å². The number of benzene rings is 3. The zero-order chi connectivity index (χ0) is 31.3. The van der Waals surface area contributed by atoms with Crippen molar-refractivity contribution in [2.45, 2.75) is 38.5 Å². The molecule has 2 atom stereocenters. The lowest BCUT2D eigenvalue weighted by Gasteiger charge is -2.27. The van der Waals surface area contributed by atoms with Gasteiger partial charge in [-0.2, -0.15) is 0 Å². The number of carbonyl (C=O) groups excluding carboxylic acids is 2. The summed E-state index contributed by atoms with van der Waals surface area (Å²) in [6.45, 7) is 2.29. The van der Waals surface area contributed by atoms with Crippen molar-refractivity contribution >= 4 is 28.9 Å². The van der Waals surface area contributed by atoms with Gasteiger partial charge in [0.15, 0.2) is 5.60 Å². The van der Waals surface area contributed by atoms with Crippen molar-refractivity contribution in [3.05, 3.63) is 124 Å².